The van der Waals surface area contributed by atoms with Gasteiger partial charge in [0, 0.05) is 45.4 Å². The fourth-order valence-electron chi connectivity index (χ4n) is 3.32. The first-order chi connectivity index (χ1) is 10.1. The number of carbonyl (C=O) groups is 1. The fraction of sp³-hybridized carbons (Fsp3) is 0.733. The van der Waals surface area contributed by atoms with Crippen molar-refractivity contribution in [1.29, 1.82) is 0 Å². The van der Waals surface area contributed by atoms with Crippen LogP contribution in [0.25, 0.3) is 0 Å². The second-order valence-corrected chi connectivity index (χ2v) is 6.44. The van der Waals surface area contributed by atoms with Crippen molar-refractivity contribution in [3.8, 4) is 0 Å². The van der Waals surface area contributed by atoms with Gasteiger partial charge < -0.3 is 15.4 Å². The van der Waals surface area contributed by atoms with Gasteiger partial charge in [0.05, 0.1) is 17.7 Å². The minimum atomic E-state index is -0.189. The van der Waals surface area contributed by atoms with E-state index in [1.54, 1.807) is 4.68 Å². The Morgan fingerprint density at radius 1 is 1.62 bits per heavy atom. The number of aromatic nitrogens is 2. The van der Waals surface area contributed by atoms with Crippen molar-refractivity contribution in [3.05, 3.63) is 18.0 Å². The van der Waals surface area contributed by atoms with Gasteiger partial charge in [-0.1, -0.05) is 0 Å². The van der Waals surface area contributed by atoms with E-state index in [1.165, 1.54) is 0 Å². The Kier molecular flexibility index (Phi) is 3.99. The summed E-state index contributed by atoms with van der Waals surface area (Å²) < 4.78 is 7.51. The number of hydrogen-bond acceptors (Lipinski definition) is 4. The normalized spacial score (nSPS) is 32.5. The monoisotopic (exact) mass is 292 g/mol. The van der Waals surface area contributed by atoms with E-state index in [1.807, 2.05) is 19.4 Å². The molecular formula is C15H24N4O2. The molecule has 116 valence electrons. The van der Waals surface area contributed by atoms with Crippen molar-refractivity contribution in [2.24, 2.45) is 13.0 Å². The van der Waals surface area contributed by atoms with E-state index in [-0.39, 0.29) is 23.3 Å². The molecule has 2 aliphatic rings. The second-order valence-electron chi connectivity index (χ2n) is 6.44. The van der Waals surface area contributed by atoms with Crippen LogP contribution in [0.3, 0.4) is 0 Å². The highest BCUT2D eigenvalue weighted by Crippen LogP contribution is 2.29. The summed E-state index contributed by atoms with van der Waals surface area (Å²) >= 11 is 0. The molecule has 0 bridgehead atoms. The van der Waals surface area contributed by atoms with Gasteiger partial charge in [-0.15, -0.1) is 0 Å². The van der Waals surface area contributed by atoms with Gasteiger partial charge in [-0.2, -0.15) is 5.10 Å². The minimum Gasteiger partial charge on any atom is -0.373 e. The molecule has 3 atom stereocenters. The van der Waals surface area contributed by atoms with Crippen molar-refractivity contribution in [2.45, 2.75) is 31.3 Å². The Morgan fingerprint density at radius 3 is 3.14 bits per heavy atom. The molecule has 6 heteroatoms. The quantitative estimate of drug-likeness (QED) is 0.843. The predicted octanol–water partition coefficient (Wildman–Crippen LogP) is 0.408. The molecule has 3 rings (SSSR count). The van der Waals surface area contributed by atoms with Crippen molar-refractivity contribution in [3.63, 3.8) is 0 Å². The average molecular weight is 292 g/mol. The van der Waals surface area contributed by atoms with Crippen LogP contribution in [0.1, 0.15) is 31.2 Å². The smallest absolute Gasteiger partial charge is 0.225 e. The van der Waals surface area contributed by atoms with Gasteiger partial charge in [-0.25, -0.2) is 0 Å². The maximum absolute atomic E-state index is 12.5. The van der Waals surface area contributed by atoms with Crippen molar-refractivity contribution in [2.75, 3.05) is 26.2 Å². The van der Waals surface area contributed by atoms with Crippen LogP contribution >= 0.6 is 0 Å². The van der Waals surface area contributed by atoms with Crippen molar-refractivity contribution < 1.29 is 9.53 Å². The number of rotatable bonds is 4. The van der Waals surface area contributed by atoms with E-state index in [9.17, 15) is 4.79 Å². The highest BCUT2D eigenvalue weighted by Gasteiger charge is 2.36. The predicted molar refractivity (Wildman–Crippen MR) is 78.9 cm³/mol. The Labute approximate surface area is 125 Å². The van der Waals surface area contributed by atoms with Gasteiger partial charge >= 0.3 is 0 Å². The Hall–Kier alpha value is -1.40. The Morgan fingerprint density at radius 2 is 2.48 bits per heavy atom. The van der Waals surface area contributed by atoms with Crippen LogP contribution < -0.4 is 10.6 Å². The van der Waals surface area contributed by atoms with E-state index in [0.717, 1.165) is 38.1 Å². The van der Waals surface area contributed by atoms with Crippen LogP contribution in [0.15, 0.2) is 12.4 Å². The maximum atomic E-state index is 12.5. The van der Waals surface area contributed by atoms with E-state index < -0.39 is 0 Å². The molecular weight excluding hydrogens is 268 g/mol. The number of amides is 1. The Balaban J connectivity index is 1.60. The molecule has 0 aromatic carbocycles. The summed E-state index contributed by atoms with van der Waals surface area (Å²) in [4.78, 5) is 12.5. The zero-order valence-electron chi connectivity index (χ0n) is 12.8. The summed E-state index contributed by atoms with van der Waals surface area (Å²) in [5.74, 6) is 0.292. The number of ether oxygens (including phenoxy) is 1. The molecule has 1 aromatic heterocycles. The van der Waals surface area contributed by atoms with Crippen LogP contribution in [0.2, 0.25) is 0 Å². The van der Waals surface area contributed by atoms with Gasteiger partial charge in [-0.05, 0) is 25.3 Å². The van der Waals surface area contributed by atoms with Crippen LogP contribution in [0.5, 0.6) is 0 Å². The summed E-state index contributed by atoms with van der Waals surface area (Å²) in [6.45, 7) is 5.03. The van der Waals surface area contributed by atoms with Gasteiger partial charge in [0.2, 0.25) is 5.91 Å². The second kappa shape index (κ2) is 5.77. The number of nitrogens with zero attached hydrogens (tertiary/aromatic N) is 2. The molecule has 6 nitrogen and oxygen atoms in total. The van der Waals surface area contributed by atoms with Crippen LogP contribution in [0.4, 0.5) is 0 Å². The van der Waals surface area contributed by atoms with Crippen molar-refractivity contribution >= 4 is 5.91 Å². The lowest BCUT2D eigenvalue weighted by atomic mass is 9.90. The van der Waals surface area contributed by atoms with Gasteiger partial charge in [-0.3, -0.25) is 9.48 Å². The molecule has 2 fully saturated rings. The number of carbonyl (C=O) groups excluding carboxylic acids is 1. The molecule has 2 aliphatic heterocycles. The van der Waals surface area contributed by atoms with Gasteiger partial charge in [0.15, 0.2) is 0 Å². The maximum Gasteiger partial charge on any atom is 0.225 e. The Bertz CT molecular complexity index is 508. The summed E-state index contributed by atoms with van der Waals surface area (Å²) in [5, 5.41) is 10.6. The summed E-state index contributed by atoms with van der Waals surface area (Å²) in [6.07, 6.45) is 5.95. The molecule has 2 saturated heterocycles. The number of aryl methyl sites for hydroxylation is 1. The fourth-order valence-corrected chi connectivity index (χ4v) is 3.32. The third-order valence-electron chi connectivity index (χ3n) is 4.64. The standard InChI is InChI=1S/C15H24N4O2/c1-15(4-3-5-21-15)10-17-14(20)13-8-16-7-12(13)11-6-18-19(2)9-11/h6,9,12-13,16H,3-5,7-8,10H2,1-2H3,(H,17,20)/t12-,13+,15?/m1/s1. The van der Waals surface area contributed by atoms with Crippen LogP contribution in [-0.4, -0.2) is 47.5 Å². The van der Waals surface area contributed by atoms with E-state index in [4.69, 9.17) is 4.74 Å². The lowest BCUT2D eigenvalue weighted by Gasteiger charge is -2.25. The molecule has 0 radical (unpaired) electrons. The van der Waals surface area contributed by atoms with Gasteiger partial charge in [0.25, 0.3) is 0 Å². The first-order valence-electron chi connectivity index (χ1n) is 7.68. The van der Waals surface area contributed by atoms with Crippen molar-refractivity contribution in [1.82, 2.24) is 20.4 Å². The molecule has 0 saturated carbocycles. The van der Waals surface area contributed by atoms with E-state index in [0.29, 0.717) is 6.54 Å². The SMILES string of the molecule is Cn1cc([C@H]2CNC[C@@H]2C(=O)NCC2(C)CCCO2)cn1. The third-order valence-corrected chi connectivity index (χ3v) is 4.64. The average Bonchev–Trinajstić information content (AvgIpc) is 3.16. The molecule has 0 spiro atoms. The number of nitrogens with one attached hydrogen (secondary N) is 2. The molecule has 1 aromatic rings. The molecule has 2 N–H and O–H groups in total. The highest BCUT2D eigenvalue weighted by atomic mass is 16.5. The molecule has 1 amide bonds. The topological polar surface area (TPSA) is 68.2 Å². The zero-order chi connectivity index (χ0) is 14.9. The van der Waals surface area contributed by atoms with Crippen LogP contribution in [-0.2, 0) is 16.6 Å². The first kappa shape index (κ1) is 14.5. The molecule has 21 heavy (non-hydrogen) atoms. The summed E-state index contributed by atoms with van der Waals surface area (Å²) in [5.41, 5.74) is 0.942. The third kappa shape index (κ3) is 3.11. The molecule has 3 heterocycles. The zero-order valence-corrected chi connectivity index (χ0v) is 12.8. The molecule has 0 aliphatic carbocycles. The first-order valence-corrected chi connectivity index (χ1v) is 7.68. The molecule has 1 unspecified atom stereocenters. The van der Waals surface area contributed by atoms with E-state index in [2.05, 4.69) is 22.7 Å². The van der Waals surface area contributed by atoms with E-state index >= 15 is 0 Å². The summed E-state index contributed by atoms with van der Waals surface area (Å²) in [7, 11) is 1.90. The lowest BCUT2D eigenvalue weighted by Crippen LogP contribution is -2.43. The number of hydrogen-bond donors (Lipinski definition) is 2. The lowest BCUT2D eigenvalue weighted by molar-refractivity contribution is -0.126. The van der Waals surface area contributed by atoms with Gasteiger partial charge in [0.1, 0.15) is 0 Å². The minimum absolute atomic E-state index is 0.0285. The van der Waals surface area contributed by atoms with Crippen LogP contribution in [0, 0.1) is 5.92 Å². The summed E-state index contributed by atoms with van der Waals surface area (Å²) in [6, 6.07) is 0. The largest absolute Gasteiger partial charge is 0.373 e. The highest BCUT2D eigenvalue weighted by molar-refractivity contribution is 5.80.